The molecule has 7 nitrogen and oxygen atoms in total. The Balaban J connectivity index is 1.53. The van der Waals surface area contributed by atoms with E-state index in [1.807, 2.05) is 6.07 Å². The average Bonchev–Trinajstić information content (AvgIpc) is 2.88. The summed E-state index contributed by atoms with van der Waals surface area (Å²) < 4.78 is 5.73. The lowest BCUT2D eigenvalue weighted by atomic mass is 9.80. The third-order valence-electron chi connectivity index (χ3n) is 5.03. The number of hydrogen-bond donors (Lipinski definition) is 2. The van der Waals surface area contributed by atoms with E-state index in [0.29, 0.717) is 17.9 Å². The van der Waals surface area contributed by atoms with Crippen LogP contribution in [0, 0.1) is 17.2 Å². The zero-order chi connectivity index (χ0) is 17.9. The second-order valence-electron chi connectivity index (χ2n) is 6.74. The highest BCUT2D eigenvalue weighted by atomic mass is 16.5. The van der Waals surface area contributed by atoms with E-state index in [-0.39, 0.29) is 11.8 Å². The molecule has 2 aliphatic heterocycles. The van der Waals surface area contributed by atoms with E-state index >= 15 is 0 Å². The molecule has 132 valence electrons. The maximum atomic E-state index is 12.1. The van der Waals surface area contributed by atoms with Gasteiger partial charge >= 0.3 is 6.03 Å². The monoisotopic (exact) mass is 342 g/mol. The van der Waals surface area contributed by atoms with Gasteiger partial charge in [-0.2, -0.15) is 5.26 Å². The molecule has 1 aromatic rings. The highest BCUT2D eigenvalue weighted by Crippen LogP contribution is 2.29. The third kappa shape index (κ3) is 3.74. The Morgan fingerprint density at radius 1 is 1.44 bits per heavy atom. The van der Waals surface area contributed by atoms with Crippen molar-refractivity contribution in [2.45, 2.75) is 25.3 Å². The quantitative estimate of drug-likeness (QED) is 0.785. The lowest BCUT2D eigenvalue weighted by molar-refractivity contribution is -0.126. The Morgan fingerprint density at radius 2 is 2.28 bits per heavy atom. The molecule has 0 aromatic heterocycles. The summed E-state index contributed by atoms with van der Waals surface area (Å²) in [5.74, 6) is 0.519. The van der Waals surface area contributed by atoms with Crippen LogP contribution in [0.25, 0.3) is 0 Å². The molecule has 2 fully saturated rings. The summed E-state index contributed by atoms with van der Waals surface area (Å²) in [5.41, 5.74) is -0.260. The fraction of sp³-hybridized carbons (Fsp3) is 0.500. The lowest BCUT2D eigenvalue weighted by Crippen LogP contribution is -2.56. The third-order valence-corrected chi connectivity index (χ3v) is 5.03. The predicted molar refractivity (Wildman–Crippen MR) is 90.9 cm³/mol. The van der Waals surface area contributed by atoms with Crippen LogP contribution in [0.1, 0.15) is 25.3 Å². The Labute approximate surface area is 146 Å². The van der Waals surface area contributed by atoms with Crippen molar-refractivity contribution in [3.05, 3.63) is 29.8 Å². The molecule has 2 heterocycles. The van der Waals surface area contributed by atoms with Gasteiger partial charge in [0, 0.05) is 19.0 Å². The maximum Gasteiger partial charge on any atom is 0.322 e. The van der Waals surface area contributed by atoms with E-state index < -0.39 is 11.6 Å². The molecule has 0 unspecified atom stereocenters. The molecule has 0 saturated carbocycles. The molecule has 2 N–H and O–H groups in total. The first-order valence-electron chi connectivity index (χ1n) is 8.50. The molecule has 2 saturated heterocycles. The van der Waals surface area contributed by atoms with Gasteiger partial charge in [-0.05, 0) is 44.5 Å². The molecule has 1 aromatic carbocycles. The van der Waals surface area contributed by atoms with E-state index in [0.717, 1.165) is 32.5 Å². The van der Waals surface area contributed by atoms with E-state index in [1.54, 1.807) is 25.1 Å². The number of rotatable bonds is 5. The first kappa shape index (κ1) is 17.2. The molecule has 0 spiro atoms. The van der Waals surface area contributed by atoms with Crippen LogP contribution in [0.4, 0.5) is 4.79 Å². The molecule has 2 atom stereocenters. The molecular weight excluding hydrogens is 320 g/mol. The number of benzene rings is 1. The largest absolute Gasteiger partial charge is 0.492 e. The van der Waals surface area contributed by atoms with Crippen LogP contribution in [0.5, 0.6) is 5.75 Å². The minimum atomic E-state index is -0.836. The van der Waals surface area contributed by atoms with Gasteiger partial charge in [0.1, 0.15) is 17.9 Å². The number of carbonyl (C=O) groups is 2. The van der Waals surface area contributed by atoms with Crippen LogP contribution in [-0.2, 0) is 4.79 Å². The molecule has 0 radical (unpaired) electrons. The molecule has 2 aliphatic rings. The smallest absolute Gasteiger partial charge is 0.322 e. The van der Waals surface area contributed by atoms with Crippen LogP contribution in [-0.4, -0.2) is 48.6 Å². The zero-order valence-corrected chi connectivity index (χ0v) is 14.2. The van der Waals surface area contributed by atoms with Gasteiger partial charge in [0.05, 0.1) is 11.6 Å². The van der Waals surface area contributed by atoms with Gasteiger partial charge < -0.3 is 10.1 Å². The second-order valence-corrected chi connectivity index (χ2v) is 6.74. The van der Waals surface area contributed by atoms with Gasteiger partial charge in [-0.25, -0.2) is 4.79 Å². The van der Waals surface area contributed by atoms with E-state index in [2.05, 4.69) is 21.6 Å². The number of nitrogens with zero attached hydrogens (tertiary/aromatic N) is 2. The van der Waals surface area contributed by atoms with Crippen molar-refractivity contribution in [1.82, 2.24) is 15.5 Å². The van der Waals surface area contributed by atoms with E-state index in [9.17, 15) is 9.59 Å². The SMILES string of the molecule is C[C@@]1([C@H]2CCCN(CCOc3cccc(C#N)c3)C2)NC(=O)NC1=O. The van der Waals surface area contributed by atoms with Crippen molar-refractivity contribution >= 4 is 11.9 Å². The number of piperidine rings is 1. The number of nitrogens with one attached hydrogen (secondary N) is 2. The molecule has 3 rings (SSSR count). The van der Waals surface area contributed by atoms with Crippen molar-refractivity contribution in [2.24, 2.45) is 5.92 Å². The van der Waals surface area contributed by atoms with Gasteiger partial charge in [0.25, 0.3) is 5.91 Å². The summed E-state index contributed by atoms with van der Waals surface area (Å²) in [4.78, 5) is 25.8. The molecule has 0 aliphatic carbocycles. The van der Waals surface area contributed by atoms with Crippen LogP contribution < -0.4 is 15.4 Å². The molecule has 7 heteroatoms. The van der Waals surface area contributed by atoms with Gasteiger partial charge in [0.15, 0.2) is 0 Å². The standard InChI is InChI=1S/C18H22N4O3/c1-18(16(23)20-17(24)21-18)14-5-3-7-22(12-14)8-9-25-15-6-2-4-13(10-15)11-19/h2,4,6,10,14H,3,5,7-9,12H2,1H3,(H2,20,21,23,24)/t14-,18-/m0/s1. The summed E-state index contributed by atoms with van der Waals surface area (Å²) in [6, 6.07) is 8.77. The van der Waals surface area contributed by atoms with Crippen LogP contribution >= 0.6 is 0 Å². The number of hydrogen-bond acceptors (Lipinski definition) is 5. The topological polar surface area (TPSA) is 94.5 Å². The molecule has 3 amide bonds. The van der Waals surface area contributed by atoms with Crippen molar-refractivity contribution < 1.29 is 14.3 Å². The molecule has 0 bridgehead atoms. The first-order chi connectivity index (χ1) is 12.0. The van der Waals surface area contributed by atoms with E-state index in [1.165, 1.54) is 0 Å². The first-order valence-corrected chi connectivity index (χ1v) is 8.50. The van der Waals surface area contributed by atoms with Crippen LogP contribution in [0.3, 0.4) is 0 Å². The minimum Gasteiger partial charge on any atom is -0.492 e. The van der Waals surface area contributed by atoms with Crippen LogP contribution in [0.2, 0.25) is 0 Å². The Morgan fingerprint density at radius 3 is 3.00 bits per heavy atom. The number of likely N-dealkylation sites (tertiary alicyclic amines) is 1. The minimum absolute atomic E-state index is 0.0783. The van der Waals surface area contributed by atoms with Crippen LogP contribution in [0.15, 0.2) is 24.3 Å². The fourth-order valence-electron chi connectivity index (χ4n) is 3.52. The average molecular weight is 342 g/mol. The fourth-order valence-corrected chi connectivity index (χ4v) is 3.52. The summed E-state index contributed by atoms with van der Waals surface area (Å²) in [6.07, 6.45) is 1.89. The zero-order valence-electron chi connectivity index (χ0n) is 14.2. The number of imide groups is 1. The van der Waals surface area contributed by atoms with E-state index in [4.69, 9.17) is 10.00 Å². The maximum absolute atomic E-state index is 12.1. The van der Waals surface area contributed by atoms with Crippen molar-refractivity contribution in [1.29, 1.82) is 5.26 Å². The second kappa shape index (κ2) is 7.11. The Hall–Kier alpha value is -2.59. The number of carbonyl (C=O) groups excluding carboxylic acids is 2. The highest BCUT2D eigenvalue weighted by molar-refractivity contribution is 6.06. The van der Waals surface area contributed by atoms with Gasteiger partial charge in [-0.15, -0.1) is 0 Å². The van der Waals surface area contributed by atoms with Crippen molar-refractivity contribution in [3.63, 3.8) is 0 Å². The predicted octanol–water partition coefficient (Wildman–Crippen LogP) is 1.25. The number of urea groups is 1. The number of nitriles is 1. The Bertz CT molecular complexity index is 715. The summed E-state index contributed by atoms with van der Waals surface area (Å²) >= 11 is 0. The normalized spacial score (nSPS) is 26.6. The van der Waals surface area contributed by atoms with Gasteiger partial charge in [0.2, 0.25) is 0 Å². The lowest BCUT2D eigenvalue weighted by Gasteiger charge is -2.39. The summed E-state index contributed by atoms with van der Waals surface area (Å²) in [7, 11) is 0. The summed E-state index contributed by atoms with van der Waals surface area (Å²) in [6.45, 7) is 4.73. The number of amides is 3. The molecule has 25 heavy (non-hydrogen) atoms. The number of ether oxygens (including phenoxy) is 1. The van der Waals surface area contributed by atoms with Gasteiger partial charge in [-0.3, -0.25) is 15.0 Å². The summed E-state index contributed by atoms with van der Waals surface area (Å²) in [5, 5.41) is 14.0. The highest BCUT2D eigenvalue weighted by Gasteiger charge is 2.48. The van der Waals surface area contributed by atoms with Crippen molar-refractivity contribution in [2.75, 3.05) is 26.2 Å². The Kier molecular flexibility index (Phi) is 4.91. The molecular formula is C18H22N4O3. The van der Waals surface area contributed by atoms with Gasteiger partial charge in [-0.1, -0.05) is 6.07 Å². The van der Waals surface area contributed by atoms with Crippen molar-refractivity contribution in [3.8, 4) is 11.8 Å².